The molecule has 0 rings (SSSR count). The highest BCUT2D eigenvalue weighted by atomic mass is 16.5. The highest BCUT2D eigenvalue weighted by Crippen LogP contribution is 2.48. The SMILES string of the molecule is CCC(CC)OC(CC)(CC)CCC(CC)(CC)C(O)(CC)CC. The lowest BCUT2D eigenvalue weighted by Gasteiger charge is -2.48. The second kappa shape index (κ2) is 10.8. The van der Waals surface area contributed by atoms with Gasteiger partial charge >= 0.3 is 0 Å². The minimum absolute atomic E-state index is 0.00335. The van der Waals surface area contributed by atoms with Crippen LogP contribution in [0, 0.1) is 5.41 Å². The van der Waals surface area contributed by atoms with E-state index in [-0.39, 0.29) is 11.0 Å². The van der Waals surface area contributed by atoms with Crippen molar-refractivity contribution in [1.82, 2.24) is 0 Å². The van der Waals surface area contributed by atoms with Gasteiger partial charge in [-0.05, 0) is 69.6 Å². The van der Waals surface area contributed by atoms with E-state index in [0.29, 0.717) is 6.10 Å². The standard InChI is InChI=1S/C22H46O2/c1-9-19(10-2)24-21(13-5,14-6)18-17-20(11-3,12-4)22(23,15-7)16-8/h19,23H,9-18H2,1-8H3. The molecule has 0 atom stereocenters. The Bertz CT molecular complexity index is 308. The number of aliphatic hydroxyl groups is 1. The van der Waals surface area contributed by atoms with Crippen LogP contribution >= 0.6 is 0 Å². The number of rotatable bonds is 14. The Morgan fingerprint density at radius 1 is 0.667 bits per heavy atom. The molecule has 0 aliphatic heterocycles. The zero-order valence-corrected chi connectivity index (χ0v) is 18.0. The summed E-state index contributed by atoms with van der Waals surface area (Å²) in [5, 5.41) is 11.3. The summed E-state index contributed by atoms with van der Waals surface area (Å²) in [4.78, 5) is 0. The van der Waals surface area contributed by atoms with Gasteiger partial charge in [0.05, 0.1) is 17.3 Å². The van der Waals surface area contributed by atoms with E-state index in [0.717, 1.165) is 64.2 Å². The Balaban J connectivity index is 5.41. The smallest absolute Gasteiger partial charge is 0.0698 e. The third kappa shape index (κ3) is 5.21. The van der Waals surface area contributed by atoms with Crippen molar-refractivity contribution in [2.75, 3.05) is 0 Å². The Kier molecular flexibility index (Phi) is 10.8. The lowest BCUT2D eigenvalue weighted by Crippen LogP contribution is -2.48. The van der Waals surface area contributed by atoms with Crippen LogP contribution in [0.15, 0.2) is 0 Å². The summed E-state index contributed by atoms with van der Waals surface area (Å²) in [5.41, 5.74) is -0.587. The molecular weight excluding hydrogens is 296 g/mol. The summed E-state index contributed by atoms with van der Waals surface area (Å²) < 4.78 is 6.62. The molecule has 1 N–H and O–H groups in total. The van der Waals surface area contributed by atoms with Gasteiger partial charge in [0.15, 0.2) is 0 Å². The van der Waals surface area contributed by atoms with Crippen molar-refractivity contribution < 1.29 is 9.84 Å². The summed E-state index contributed by atoms with van der Waals surface area (Å²) in [6, 6.07) is 0. The predicted molar refractivity (Wildman–Crippen MR) is 107 cm³/mol. The minimum atomic E-state index is -0.557. The van der Waals surface area contributed by atoms with Gasteiger partial charge in [-0.2, -0.15) is 0 Å². The maximum Gasteiger partial charge on any atom is 0.0698 e. The van der Waals surface area contributed by atoms with Crippen LogP contribution in [-0.2, 0) is 4.74 Å². The van der Waals surface area contributed by atoms with E-state index >= 15 is 0 Å². The first kappa shape index (κ1) is 23.9. The van der Waals surface area contributed by atoms with Crippen molar-refractivity contribution in [3.63, 3.8) is 0 Å². The first-order valence-corrected chi connectivity index (χ1v) is 10.7. The van der Waals surface area contributed by atoms with E-state index < -0.39 is 5.60 Å². The van der Waals surface area contributed by atoms with Gasteiger partial charge in [-0.1, -0.05) is 55.4 Å². The van der Waals surface area contributed by atoms with E-state index in [2.05, 4.69) is 55.4 Å². The van der Waals surface area contributed by atoms with Crippen LogP contribution < -0.4 is 0 Å². The van der Waals surface area contributed by atoms with Crippen LogP contribution in [0.4, 0.5) is 0 Å². The number of hydrogen-bond donors (Lipinski definition) is 1. The zero-order chi connectivity index (χ0) is 18.9. The van der Waals surface area contributed by atoms with Gasteiger partial charge in [-0.15, -0.1) is 0 Å². The quantitative estimate of drug-likeness (QED) is 0.372. The normalized spacial score (nSPS) is 13.8. The third-order valence-electron chi connectivity index (χ3n) is 7.19. The Morgan fingerprint density at radius 2 is 1.12 bits per heavy atom. The molecule has 0 aromatic rings. The molecule has 0 aliphatic rings. The van der Waals surface area contributed by atoms with Gasteiger partial charge in [0, 0.05) is 0 Å². The molecule has 0 radical (unpaired) electrons. The molecule has 0 saturated heterocycles. The van der Waals surface area contributed by atoms with E-state index in [1.54, 1.807) is 0 Å². The van der Waals surface area contributed by atoms with Crippen LogP contribution in [0.3, 0.4) is 0 Å². The number of ether oxygens (including phenoxy) is 1. The average Bonchev–Trinajstić information content (AvgIpc) is 2.65. The summed E-state index contributed by atoms with van der Waals surface area (Å²) in [6.45, 7) is 17.7. The Morgan fingerprint density at radius 3 is 1.42 bits per heavy atom. The van der Waals surface area contributed by atoms with Gasteiger partial charge < -0.3 is 9.84 Å². The molecule has 0 amide bonds. The van der Waals surface area contributed by atoms with Crippen LogP contribution in [0.5, 0.6) is 0 Å². The highest BCUT2D eigenvalue weighted by molar-refractivity contribution is 4.97. The first-order chi connectivity index (χ1) is 11.3. The third-order valence-corrected chi connectivity index (χ3v) is 7.19. The van der Waals surface area contributed by atoms with E-state index in [9.17, 15) is 5.11 Å². The molecule has 0 unspecified atom stereocenters. The largest absolute Gasteiger partial charge is 0.389 e. The molecule has 0 aromatic heterocycles. The maximum atomic E-state index is 11.3. The fraction of sp³-hybridized carbons (Fsp3) is 1.00. The van der Waals surface area contributed by atoms with Gasteiger partial charge in [-0.25, -0.2) is 0 Å². The van der Waals surface area contributed by atoms with Crippen LogP contribution in [0.25, 0.3) is 0 Å². The van der Waals surface area contributed by atoms with E-state index in [1.165, 1.54) is 0 Å². The fourth-order valence-electron chi connectivity index (χ4n) is 4.60. The molecule has 0 aromatic carbocycles. The first-order valence-electron chi connectivity index (χ1n) is 10.7. The lowest BCUT2D eigenvalue weighted by atomic mass is 9.62. The molecule has 0 heterocycles. The van der Waals surface area contributed by atoms with Crippen LogP contribution in [0.2, 0.25) is 0 Å². The predicted octanol–water partition coefficient (Wildman–Crippen LogP) is 6.89. The van der Waals surface area contributed by atoms with E-state index in [1.807, 2.05) is 0 Å². The van der Waals surface area contributed by atoms with Crippen molar-refractivity contribution in [2.45, 2.75) is 137 Å². The molecule has 0 aliphatic carbocycles. The van der Waals surface area contributed by atoms with Gasteiger partial charge in [0.25, 0.3) is 0 Å². The van der Waals surface area contributed by atoms with Crippen molar-refractivity contribution in [2.24, 2.45) is 5.41 Å². The Labute approximate surface area is 152 Å². The molecule has 146 valence electrons. The van der Waals surface area contributed by atoms with Gasteiger partial charge in [-0.3, -0.25) is 0 Å². The maximum absolute atomic E-state index is 11.3. The second-order valence-electron chi connectivity index (χ2n) is 7.67. The molecule has 0 fully saturated rings. The second-order valence-corrected chi connectivity index (χ2v) is 7.67. The molecule has 0 saturated carbocycles. The van der Waals surface area contributed by atoms with Gasteiger partial charge in [0.1, 0.15) is 0 Å². The van der Waals surface area contributed by atoms with Crippen LogP contribution in [0.1, 0.15) is 120 Å². The zero-order valence-electron chi connectivity index (χ0n) is 18.0. The molecule has 2 heteroatoms. The topological polar surface area (TPSA) is 29.5 Å². The summed E-state index contributed by atoms with van der Waals surface area (Å²) in [5.74, 6) is 0. The fourth-order valence-corrected chi connectivity index (χ4v) is 4.60. The van der Waals surface area contributed by atoms with Crippen molar-refractivity contribution in [1.29, 1.82) is 0 Å². The van der Waals surface area contributed by atoms with E-state index in [4.69, 9.17) is 4.74 Å². The van der Waals surface area contributed by atoms with Gasteiger partial charge in [0.2, 0.25) is 0 Å². The monoisotopic (exact) mass is 342 g/mol. The van der Waals surface area contributed by atoms with Crippen molar-refractivity contribution in [3.8, 4) is 0 Å². The molecular formula is C22H46O2. The average molecular weight is 343 g/mol. The Hall–Kier alpha value is -0.0800. The molecule has 2 nitrogen and oxygen atoms in total. The van der Waals surface area contributed by atoms with Crippen LogP contribution in [-0.4, -0.2) is 22.4 Å². The minimum Gasteiger partial charge on any atom is -0.389 e. The number of hydrogen-bond acceptors (Lipinski definition) is 2. The summed E-state index contributed by atoms with van der Waals surface area (Å²) in [7, 11) is 0. The molecule has 24 heavy (non-hydrogen) atoms. The van der Waals surface area contributed by atoms with Crippen molar-refractivity contribution >= 4 is 0 Å². The highest BCUT2D eigenvalue weighted by Gasteiger charge is 2.46. The molecule has 0 spiro atoms. The summed E-state index contributed by atoms with van der Waals surface area (Å²) >= 11 is 0. The summed E-state index contributed by atoms with van der Waals surface area (Å²) in [6.07, 6.45) is 10.5. The lowest BCUT2D eigenvalue weighted by molar-refractivity contribution is -0.136. The van der Waals surface area contributed by atoms with Crippen molar-refractivity contribution in [3.05, 3.63) is 0 Å². The molecule has 0 bridgehead atoms.